The van der Waals surface area contributed by atoms with Gasteiger partial charge in [0.1, 0.15) is 16.4 Å². The number of hydrogen-bond donors (Lipinski definition) is 1. The monoisotopic (exact) mass is 625 g/mol. The number of carbonyl (C=O) groups excluding carboxylic acids is 2. The molecule has 1 N–H and O–H groups in total. The van der Waals surface area contributed by atoms with E-state index in [-0.39, 0.29) is 35.4 Å². The molecule has 3 aromatic rings. The number of amides is 2. The summed E-state index contributed by atoms with van der Waals surface area (Å²) in [5.41, 5.74) is 1.62. The standard InChI is InChI=1S/C33H43N3O7S/c1-7-10-21-42-32(37)27-15-11-14-18-31(27)44(39,40)43-30-22-26(35(8-2)9-3)20-19-25(30)23-36(24(4)5)33(38)34-28-16-12-13-17-29(28)41-6/h11-20,22,24H,7-10,21,23H2,1-6H3,(H,34,38). The molecule has 11 heteroatoms. The first-order valence-corrected chi connectivity index (χ1v) is 16.3. The zero-order valence-electron chi connectivity index (χ0n) is 26.3. The van der Waals surface area contributed by atoms with Gasteiger partial charge in [-0.15, -0.1) is 0 Å². The Morgan fingerprint density at radius 2 is 1.59 bits per heavy atom. The van der Waals surface area contributed by atoms with Crippen LogP contribution >= 0.6 is 0 Å². The van der Waals surface area contributed by atoms with E-state index in [0.717, 1.165) is 12.1 Å². The first-order valence-electron chi connectivity index (χ1n) is 14.8. The van der Waals surface area contributed by atoms with E-state index in [9.17, 15) is 18.0 Å². The van der Waals surface area contributed by atoms with Crippen molar-refractivity contribution in [3.8, 4) is 11.5 Å². The van der Waals surface area contributed by atoms with Crippen LogP contribution in [0.2, 0.25) is 0 Å². The molecule has 3 aromatic carbocycles. The van der Waals surface area contributed by atoms with Crippen molar-refractivity contribution in [3.63, 3.8) is 0 Å². The van der Waals surface area contributed by atoms with Gasteiger partial charge in [0, 0.05) is 36.4 Å². The smallest absolute Gasteiger partial charge is 0.340 e. The fraction of sp³-hybridized carbons (Fsp3) is 0.394. The highest BCUT2D eigenvalue weighted by molar-refractivity contribution is 7.87. The van der Waals surface area contributed by atoms with Gasteiger partial charge in [0.05, 0.1) is 31.5 Å². The van der Waals surface area contributed by atoms with Crippen molar-refractivity contribution in [1.82, 2.24) is 4.90 Å². The second kappa shape index (κ2) is 16.0. The Hall–Kier alpha value is -4.25. The number of unbranched alkanes of at least 4 members (excludes halogenated alkanes) is 1. The Balaban J connectivity index is 2.01. The van der Waals surface area contributed by atoms with Crippen molar-refractivity contribution in [3.05, 3.63) is 77.9 Å². The van der Waals surface area contributed by atoms with E-state index in [1.807, 2.05) is 40.7 Å². The van der Waals surface area contributed by atoms with E-state index in [1.54, 1.807) is 47.4 Å². The fourth-order valence-electron chi connectivity index (χ4n) is 4.55. The maximum Gasteiger partial charge on any atom is 0.340 e. The summed E-state index contributed by atoms with van der Waals surface area (Å²) < 4.78 is 44.0. The number of carbonyl (C=O) groups is 2. The molecule has 0 radical (unpaired) electrons. The third-order valence-electron chi connectivity index (χ3n) is 7.06. The second-order valence-electron chi connectivity index (χ2n) is 10.3. The summed E-state index contributed by atoms with van der Waals surface area (Å²) in [4.78, 5) is 29.6. The molecular weight excluding hydrogens is 582 g/mol. The molecule has 0 fully saturated rings. The van der Waals surface area contributed by atoms with Gasteiger partial charge >= 0.3 is 22.1 Å². The van der Waals surface area contributed by atoms with Crippen LogP contribution in [0.25, 0.3) is 0 Å². The third-order valence-corrected chi connectivity index (χ3v) is 8.35. The summed E-state index contributed by atoms with van der Waals surface area (Å²) in [6, 6.07) is 17.5. The van der Waals surface area contributed by atoms with Crippen LogP contribution in [-0.4, -0.2) is 58.2 Å². The van der Waals surface area contributed by atoms with Crippen molar-refractivity contribution in [1.29, 1.82) is 0 Å². The molecule has 0 bridgehead atoms. The number of para-hydroxylation sites is 2. The van der Waals surface area contributed by atoms with Crippen LogP contribution in [-0.2, 0) is 21.4 Å². The number of benzene rings is 3. The maximum atomic E-state index is 13.7. The number of ether oxygens (including phenoxy) is 2. The zero-order chi connectivity index (χ0) is 32.3. The van der Waals surface area contributed by atoms with E-state index < -0.39 is 22.1 Å². The highest BCUT2D eigenvalue weighted by atomic mass is 32.2. The molecule has 0 atom stereocenters. The molecular formula is C33H43N3O7S. The van der Waals surface area contributed by atoms with Crippen molar-refractivity contribution < 1.29 is 31.7 Å². The Bertz CT molecular complexity index is 1520. The highest BCUT2D eigenvalue weighted by Gasteiger charge is 2.28. The molecule has 44 heavy (non-hydrogen) atoms. The van der Waals surface area contributed by atoms with E-state index in [4.69, 9.17) is 13.7 Å². The molecule has 10 nitrogen and oxygen atoms in total. The number of anilines is 2. The van der Waals surface area contributed by atoms with Gasteiger partial charge in [-0.1, -0.05) is 43.7 Å². The summed E-state index contributed by atoms with van der Waals surface area (Å²) in [5.74, 6) is -0.174. The van der Waals surface area contributed by atoms with Crippen LogP contribution in [0.15, 0.2) is 71.6 Å². The highest BCUT2D eigenvalue weighted by Crippen LogP contribution is 2.32. The van der Waals surface area contributed by atoms with Gasteiger partial charge in [-0.2, -0.15) is 8.42 Å². The lowest BCUT2D eigenvalue weighted by Crippen LogP contribution is -2.39. The van der Waals surface area contributed by atoms with Gasteiger partial charge in [0.25, 0.3) is 0 Å². The van der Waals surface area contributed by atoms with Crippen LogP contribution in [0.5, 0.6) is 11.5 Å². The summed E-state index contributed by atoms with van der Waals surface area (Å²) in [7, 11) is -2.96. The quantitative estimate of drug-likeness (QED) is 0.113. The topological polar surface area (TPSA) is 114 Å². The fourth-order valence-corrected chi connectivity index (χ4v) is 5.69. The third kappa shape index (κ3) is 8.66. The first-order chi connectivity index (χ1) is 21.1. The van der Waals surface area contributed by atoms with Crippen LogP contribution in [0.3, 0.4) is 0 Å². The minimum absolute atomic E-state index is 0.0444. The Morgan fingerprint density at radius 1 is 0.909 bits per heavy atom. The number of esters is 1. The second-order valence-corrected chi connectivity index (χ2v) is 11.9. The Kier molecular flexibility index (Phi) is 12.5. The average molecular weight is 626 g/mol. The number of rotatable bonds is 15. The molecule has 3 rings (SSSR count). The predicted octanol–water partition coefficient (Wildman–Crippen LogP) is 6.71. The lowest BCUT2D eigenvalue weighted by molar-refractivity contribution is 0.0495. The molecule has 2 amide bonds. The maximum absolute atomic E-state index is 13.7. The first kappa shape index (κ1) is 34.2. The number of methoxy groups -OCH3 is 1. The van der Waals surface area contributed by atoms with E-state index in [1.165, 1.54) is 25.3 Å². The molecule has 0 aliphatic heterocycles. The van der Waals surface area contributed by atoms with Gasteiger partial charge in [0.2, 0.25) is 0 Å². The van der Waals surface area contributed by atoms with Crippen LogP contribution in [0.1, 0.15) is 63.4 Å². The summed E-state index contributed by atoms with van der Waals surface area (Å²) in [6.45, 7) is 11.3. The number of hydrogen-bond acceptors (Lipinski definition) is 8. The molecule has 0 saturated carbocycles. The van der Waals surface area contributed by atoms with Gasteiger partial charge in [-0.3, -0.25) is 0 Å². The van der Waals surface area contributed by atoms with Gasteiger partial charge in [0.15, 0.2) is 0 Å². The van der Waals surface area contributed by atoms with Crippen LogP contribution in [0, 0.1) is 0 Å². The van der Waals surface area contributed by atoms with Crippen LogP contribution in [0.4, 0.5) is 16.2 Å². The van der Waals surface area contributed by atoms with Crippen molar-refractivity contribution in [2.24, 2.45) is 0 Å². The molecule has 0 saturated heterocycles. The van der Waals surface area contributed by atoms with Gasteiger partial charge in [-0.05, 0) is 64.4 Å². The summed E-state index contributed by atoms with van der Waals surface area (Å²) in [6.07, 6.45) is 1.49. The predicted molar refractivity (Wildman–Crippen MR) is 172 cm³/mol. The normalized spacial score (nSPS) is 11.2. The molecule has 238 valence electrons. The van der Waals surface area contributed by atoms with Gasteiger partial charge in [-0.25, -0.2) is 9.59 Å². The zero-order valence-corrected chi connectivity index (χ0v) is 27.1. The average Bonchev–Trinajstić information content (AvgIpc) is 3.01. The molecule has 0 spiro atoms. The van der Waals surface area contributed by atoms with E-state index in [0.29, 0.717) is 36.5 Å². The molecule has 0 heterocycles. The molecule has 0 unspecified atom stereocenters. The van der Waals surface area contributed by atoms with E-state index >= 15 is 0 Å². The lowest BCUT2D eigenvalue weighted by atomic mass is 10.1. The van der Waals surface area contributed by atoms with Crippen molar-refractivity contribution in [2.45, 2.75) is 64.9 Å². The SMILES string of the molecule is CCCCOC(=O)c1ccccc1S(=O)(=O)Oc1cc(N(CC)CC)ccc1CN(C(=O)Nc1ccccc1OC)C(C)C. The molecule has 0 aliphatic carbocycles. The van der Waals surface area contributed by atoms with Gasteiger partial charge < -0.3 is 28.8 Å². The number of urea groups is 1. The molecule has 0 aromatic heterocycles. The largest absolute Gasteiger partial charge is 0.495 e. The van der Waals surface area contributed by atoms with Crippen LogP contribution < -0.4 is 19.1 Å². The summed E-state index contributed by atoms with van der Waals surface area (Å²) >= 11 is 0. The molecule has 0 aliphatic rings. The summed E-state index contributed by atoms with van der Waals surface area (Å²) in [5, 5.41) is 2.89. The minimum Gasteiger partial charge on any atom is -0.495 e. The lowest BCUT2D eigenvalue weighted by Gasteiger charge is -2.29. The van der Waals surface area contributed by atoms with Crippen molar-refractivity contribution in [2.75, 3.05) is 37.0 Å². The number of nitrogens with one attached hydrogen (secondary N) is 1. The van der Waals surface area contributed by atoms with E-state index in [2.05, 4.69) is 10.2 Å². The van der Waals surface area contributed by atoms with Crippen molar-refractivity contribution >= 4 is 33.5 Å². The number of nitrogens with zero attached hydrogens (tertiary/aromatic N) is 2. The minimum atomic E-state index is -4.49. The Morgan fingerprint density at radius 3 is 2.25 bits per heavy atom. The Labute approximate surface area is 261 Å².